The van der Waals surface area contributed by atoms with Gasteiger partial charge in [0.15, 0.2) is 5.58 Å². The van der Waals surface area contributed by atoms with Crippen LogP contribution in [0.2, 0.25) is 0 Å². The zero-order valence-corrected chi connectivity index (χ0v) is 18.4. The number of ether oxygens (including phenoxy) is 2. The number of aromatic nitrogens is 1. The van der Waals surface area contributed by atoms with Gasteiger partial charge in [-0.15, -0.1) is 0 Å². The molecule has 0 N–H and O–H groups in total. The lowest BCUT2D eigenvalue weighted by Gasteiger charge is -2.17. The van der Waals surface area contributed by atoms with Gasteiger partial charge in [-0.1, -0.05) is 13.8 Å². The highest BCUT2D eigenvalue weighted by atomic mass is 19.1. The van der Waals surface area contributed by atoms with E-state index in [0.29, 0.717) is 29.6 Å². The van der Waals surface area contributed by atoms with Gasteiger partial charge in [0, 0.05) is 18.2 Å². The Kier molecular flexibility index (Phi) is 7.02. The fourth-order valence-electron chi connectivity index (χ4n) is 3.44. The van der Waals surface area contributed by atoms with Crippen molar-refractivity contribution in [1.82, 2.24) is 9.88 Å². The molecule has 0 saturated heterocycles. The van der Waals surface area contributed by atoms with Gasteiger partial charge in [-0.05, 0) is 80.2 Å². The molecule has 0 fully saturated rings. The Hall–Kier alpha value is -3.38. The summed E-state index contributed by atoms with van der Waals surface area (Å²) < 4.78 is 30.6. The summed E-state index contributed by atoms with van der Waals surface area (Å²) in [4.78, 5) is 6.95. The SMILES string of the molecule is CCN(CC)CCCOc1ccc(-c2nc3ccc(Oc4ccc(F)cc4)cc3o2)cc1. The van der Waals surface area contributed by atoms with Crippen LogP contribution in [0.4, 0.5) is 4.39 Å². The van der Waals surface area contributed by atoms with Gasteiger partial charge in [0.25, 0.3) is 0 Å². The van der Waals surface area contributed by atoms with Crippen LogP contribution >= 0.6 is 0 Å². The molecule has 0 bridgehead atoms. The molecule has 0 atom stereocenters. The van der Waals surface area contributed by atoms with E-state index in [1.165, 1.54) is 12.1 Å². The Labute approximate surface area is 187 Å². The van der Waals surface area contributed by atoms with E-state index in [9.17, 15) is 4.39 Å². The number of benzene rings is 3. The Balaban J connectivity index is 1.39. The molecule has 0 unspecified atom stereocenters. The average Bonchev–Trinajstić information content (AvgIpc) is 3.24. The van der Waals surface area contributed by atoms with Gasteiger partial charge < -0.3 is 18.8 Å². The number of hydrogen-bond donors (Lipinski definition) is 0. The van der Waals surface area contributed by atoms with E-state index in [1.807, 2.05) is 36.4 Å². The van der Waals surface area contributed by atoms with Gasteiger partial charge >= 0.3 is 0 Å². The minimum absolute atomic E-state index is 0.302. The second-order valence-corrected chi connectivity index (χ2v) is 7.46. The third-order valence-electron chi connectivity index (χ3n) is 5.29. The molecular formula is C26H27FN2O3. The fourth-order valence-corrected chi connectivity index (χ4v) is 3.44. The highest BCUT2D eigenvalue weighted by Gasteiger charge is 2.10. The van der Waals surface area contributed by atoms with Crippen molar-refractivity contribution < 1.29 is 18.3 Å². The lowest BCUT2D eigenvalue weighted by Crippen LogP contribution is -2.25. The van der Waals surface area contributed by atoms with Gasteiger partial charge in [-0.2, -0.15) is 0 Å². The first-order valence-corrected chi connectivity index (χ1v) is 10.9. The van der Waals surface area contributed by atoms with Crippen LogP contribution in [0.25, 0.3) is 22.6 Å². The molecule has 0 radical (unpaired) electrons. The van der Waals surface area contributed by atoms with Crippen molar-refractivity contribution in [2.75, 3.05) is 26.2 Å². The number of halogens is 1. The third kappa shape index (κ3) is 5.45. The molecule has 1 aromatic heterocycles. The standard InChI is InChI=1S/C26H27FN2O3/c1-3-29(4-2)16-5-17-30-21-10-6-19(7-11-21)26-28-24-15-14-23(18-25(24)32-26)31-22-12-8-20(27)9-13-22/h6-15,18H,3-5,16-17H2,1-2H3. The van der Waals surface area contributed by atoms with Gasteiger partial charge in [0.2, 0.25) is 5.89 Å². The zero-order chi connectivity index (χ0) is 22.3. The van der Waals surface area contributed by atoms with Crippen LogP contribution in [-0.2, 0) is 0 Å². The maximum absolute atomic E-state index is 13.1. The largest absolute Gasteiger partial charge is 0.494 e. The van der Waals surface area contributed by atoms with E-state index in [0.717, 1.165) is 42.9 Å². The molecule has 4 rings (SSSR count). The van der Waals surface area contributed by atoms with Crippen LogP contribution in [0.5, 0.6) is 17.2 Å². The summed E-state index contributed by atoms with van der Waals surface area (Å²) >= 11 is 0. The molecule has 0 saturated carbocycles. The quantitative estimate of drug-likeness (QED) is 0.265. The number of fused-ring (bicyclic) bond motifs is 1. The topological polar surface area (TPSA) is 47.7 Å². The Bertz CT molecular complexity index is 1140. The number of hydrogen-bond acceptors (Lipinski definition) is 5. The molecule has 1 heterocycles. The molecule has 32 heavy (non-hydrogen) atoms. The lowest BCUT2D eigenvalue weighted by atomic mass is 10.2. The van der Waals surface area contributed by atoms with Crippen LogP contribution in [0.15, 0.2) is 71.1 Å². The normalized spacial score (nSPS) is 11.2. The third-order valence-corrected chi connectivity index (χ3v) is 5.29. The van der Waals surface area contributed by atoms with Gasteiger partial charge in [-0.3, -0.25) is 0 Å². The molecule has 0 amide bonds. The molecule has 0 spiro atoms. The maximum Gasteiger partial charge on any atom is 0.227 e. The van der Waals surface area contributed by atoms with Gasteiger partial charge in [0.05, 0.1) is 6.61 Å². The molecule has 3 aromatic carbocycles. The second kappa shape index (κ2) is 10.3. The smallest absolute Gasteiger partial charge is 0.227 e. The Morgan fingerprint density at radius 1 is 0.875 bits per heavy atom. The van der Waals surface area contributed by atoms with E-state index in [2.05, 4.69) is 23.7 Å². The first-order chi connectivity index (χ1) is 15.6. The van der Waals surface area contributed by atoms with Gasteiger partial charge in [0.1, 0.15) is 28.6 Å². The Morgan fingerprint density at radius 3 is 2.28 bits per heavy atom. The van der Waals surface area contributed by atoms with Crippen molar-refractivity contribution in [1.29, 1.82) is 0 Å². The van der Waals surface area contributed by atoms with E-state index >= 15 is 0 Å². The fraction of sp³-hybridized carbons (Fsp3) is 0.269. The monoisotopic (exact) mass is 434 g/mol. The van der Waals surface area contributed by atoms with Crippen molar-refractivity contribution >= 4 is 11.1 Å². The van der Waals surface area contributed by atoms with Crippen molar-refractivity contribution in [3.05, 3.63) is 72.5 Å². The second-order valence-electron chi connectivity index (χ2n) is 7.46. The summed E-state index contributed by atoms with van der Waals surface area (Å²) in [6, 6.07) is 19.1. The molecule has 0 aliphatic rings. The van der Waals surface area contributed by atoms with E-state index in [4.69, 9.17) is 13.9 Å². The molecule has 0 aliphatic carbocycles. The molecule has 0 aliphatic heterocycles. The van der Waals surface area contributed by atoms with Crippen LogP contribution in [0.1, 0.15) is 20.3 Å². The summed E-state index contributed by atoms with van der Waals surface area (Å²) in [5, 5.41) is 0. The van der Waals surface area contributed by atoms with Crippen LogP contribution in [0, 0.1) is 5.82 Å². The maximum atomic E-state index is 13.1. The summed E-state index contributed by atoms with van der Waals surface area (Å²) in [7, 11) is 0. The van der Waals surface area contributed by atoms with Crippen LogP contribution in [0.3, 0.4) is 0 Å². The minimum atomic E-state index is -0.302. The van der Waals surface area contributed by atoms with E-state index in [-0.39, 0.29) is 5.82 Å². The highest BCUT2D eigenvalue weighted by molar-refractivity contribution is 5.77. The van der Waals surface area contributed by atoms with Crippen molar-refractivity contribution in [2.45, 2.75) is 20.3 Å². The number of nitrogens with zero attached hydrogens (tertiary/aromatic N) is 2. The van der Waals surface area contributed by atoms with Crippen LogP contribution < -0.4 is 9.47 Å². The molecule has 4 aromatic rings. The van der Waals surface area contributed by atoms with Crippen molar-refractivity contribution in [3.8, 4) is 28.7 Å². The predicted molar refractivity (Wildman–Crippen MR) is 124 cm³/mol. The minimum Gasteiger partial charge on any atom is -0.494 e. The molecular weight excluding hydrogens is 407 g/mol. The Morgan fingerprint density at radius 2 is 1.56 bits per heavy atom. The summed E-state index contributed by atoms with van der Waals surface area (Å²) in [5.41, 5.74) is 2.23. The lowest BCUT2D eigenvalue weighted by molar-refractivity contribution is 0.249. The first kappa shape index (κ1) is 21.8. The average molecular weight is 435 g/mol. The first-order valence-electron chi connectivity index (χ1n) is 10.9. The van der Waals surface area contributed by atoms with Crippen molar-refractivity contribution in [3.63, 3.8) is 0 Å². The molecule has 6 heteroatoms. The number of rotatable bonds is 10. The summed E-state index contributed by atoms with van der Waals surface area (Å²) in [5.74, 6) is 2.22. The zero-order valence-electron chi connectivity index (χ0n) is 18.4. The summed E-state index contributed by atoms with van der Waals surface area (Å²) in [6.07, 6.45) is 0.997. The van der Waals surface area contributed by atoms with E-state index in [1.54, 1.807) is 18.2 Å². The van der Waals surface area contributed by atoms with Crippen LogP contribution in [-0.4, -0.2) is 36.1 Å². The summed E-state index contributed by atoms with van der Waals surface area (Å²) in [6.45, 7) is 8.21. The van der Waals surface area contributed by atoms with Gasteiger partial charge in [-0.25, -0.2) is 9.37 Å². The van der Waals surface area contributed by atoms with E-state index < -0.39 is 0 Å². The van der Waals surface area contributed by atoms with Crippen molar-refractivity contribution in [2.24, 2.45) is 0 Å². The molecule has 166 valence electrons. The predicted octanol–water partition coefficient (Wildman–Crippen LogP) is 6.54. The highest BCUT2D eigenvalue weighted by Crippen LogP contribution is 2.30. The molecule has 5 nitrogen and oxygen atoms in total. The number of oxazole rings is 1.